The molecule has 3 aromatic rings. The maximum absolute atomic E-state index is 13.7. The van der Waals surface area contributed by atoms with Gasteiger partial charge in [0.2, 0.25) is 0 Å². The number of rotatable bonds is 2. The Morgan fingerprint density at radius 3 is 2.86 bits per heavy atom. The van der Waals surface area contributed by atoms with Crippen molar-refractivity contribution in [1.82, 2.24) is 9.38 Å². The first kappa shape index (κ1) is 13.6. The maximum Gasteiger partial charge on any atom is 0.260 e. The van der Waals surface area contributed by atoms with Crippen LogP contribution in [0.2, 0.25) is 5.02 Å². The van der Waals surface area contributed by atoms with Gasteiger partial charge in [0.05, 0.1) is 22.0 Å². The normalized spacial score (nSPS) is 10.8. The summed E-state index contributed by atoms with van der Waals surface area (Å²) < 4.78 is 15.5. The molecule has 1 amide bonds. The van der Waals surface area contributed by atoms with Gasteiger partial charge in [-0.25, -0.2) is 9.37 Å². The number of amides is 1. The second-order valence-electron chi connectivity index (χ2n) is 4.62. The summed E-state index contributed by atoms with van der Waals surface area (Å²) >= 11 is 5.87. The molecular formula is C15H11ClFN3O. The fraction of sp³-hybridized carbons (Fsp3) is 0.0667. The summed E-state index contributed by atoms with van der Waals surface area (Å²) in [6.07, 6.45) is 3.54. The summed E-state index contributed by atoms with van der Waals surface area (Å²) in [6, 6.07) is 7.60. The lowest BCUT2D eigenvalue weighted by Gasteiger charge is -2.08. The van der Waals surface area contributed by atoms with E-state index in [2.05, 4.69) is 10.3 Å². The highest BCUT2D eigenvalue weighted by Crippen LogP contribution is 2.21. The van der Waals surface area contributed by atoms with Crippen molar-refractivity contribution in [2.45, 2.75) is 6.92 Å². The quantitative estimate of drug-likeness (QED) is 0.785. The van der Waals surface area contributed by atoms with Gasteiger partial charge in [0.1, 0.15) is 11.5 Å². The fourth-order valence-electron chi connectivity index (χ4n) is 2.10. The number of hydrogen-bond donors (Lipinski definition) is 1. The molecule has 0 fully saturated rings. The Bertz CT molecular complexity index is 824. The lowest BCUT2D eigenvalue weighted by Crippen LogP contribution is -2.14. The standard InChI is InChI=1S/C15H11ClFN3O/c1-9-7-20-8-10(5-6-13(20)18-9)19-15(21)14-11(16)3-2-4-12(14)17/h2-8H,1H3,(H,19,21). The Labute approximate surface area is 125 Å². The summed E-state index contributed by atoms with van der Waals surface area (Å²) in [5.41, 5.74) is 2.01. The zero-order valence-electron chi connectivity index (χ0n) is 11.1. The van der Waals surface area contributed by atoms with E-state index < -0.39 is 11.7 Å². The number of aryl methyl sites for hydroxylation is 1. The molecular weight excluding hydrogens is 293 g/mol. The third-order valence-electron chi connectivity index (χ3n) is 3.02. The number of carbonyl (C=O) groups excluding carboxylic acids is 1. The number of aromatic nitrogens is 2. The van der Waals surface area contributed by atoms with Crippen LogP contribution in [0.15, 0.2) is 42.7 Å². The van der Waals surface area contributed by atoms with E-state index in [0.717, 1.165) is 11.3 Å². The zero-order valence-corrected chi connectivity index (χ0v) is 11.9. The lowest BCUT2D eigenvalue weighted by molar-refractivity contribution is 0.102. The predicted molar refractivity (Wildman–Crippen MR) is 79.3 cm³/mol. The van der Waals surface area contributed by atoms with Gasteiger partial charge in [0, 0.05) is 12.4 Å². The molecule has 0 saturated heterocycles. The van der Waals surface area contributed by atoms with Crippen molar-refractivity contribution in [1.29, 1.82) is 0 Å². The Morgan fingerprint density at radius 1 is 1.29 bits per heavy atom. The van der Waals surface area contributed by atoms with Gasteiger partial charge in [0.15, 0.2) is 0 Å². The van der Waals surface area contributed by atoms with Gasteiger partial charge in [-0.1, -0.05) is 17.7 Å². The van der Waals surface area contributed by atoms with Crippen LogP contribution in [0.25, 0.3) is 5.65 Å². The number of imidazole rings is 1. The molecule has 0 spiro atoms. The highest BCUT2D eigenvalue weighted by molar-refractivity contribution is 6.34. The predicted octanol–water partition coefficient (Wildman–Crippen LogP) is 3.69. The highest BCUT2D eigenvalue weighted by atomic mass is 35.5. The monoisotopic (exact) mass is 303 g/mol. The molecule has 0 radical (unpaired) electrons. The first-order valence-corrected chi connectivity index (χ1v) is 6.63. The Hall–Kier alpha value is -2.40. The van der Waals surface area contributed by atoms with Crippen molar-refractivity contribution in [3.63, 3.8) is 0 Å². The molecule has 0 aliphatic heterocycles. The Kier molecular flexibility index (Phi) is 3.35. The summed E-state index contributed by atoms with van der Waals surface area (Å²) in [4.78, 5) is 16.4. The van der Waals surface area contributed by atoms with Crippen LogP contribution in [0.1, 0.15) is 16.1 Å². The Balaban J connectivity index is 1.92. The molecule has 2 heterocycles. The minimum Gasteiger partial charge on any atom is -0.321 e. The number of carbonyl (C=O) groups is 1. The van der Waals surface area contributed by atoms with Crippen molar-refractivity contribution in [3.8, 4) is 0 Å². The molecule has 106 valence electrons. The SMILES string of the molecule is Cc1cn2cc(NC(=O)c3c(F)cccc3Cl)ccc2n1. The zero-order chi connectivity index (χ0) is 15.0. The molecule has 1 N–H and O–H groups in total. The molecule has 1 aromatic carbocycles. The van der Waals surface area contributed by atoms with Crippen molar-refractivity contribution in [2.75, 3.05) is 5.32 Å². The summed E-state index contributed by atoms with van der Waals surface area (Å²) in [7, 11) is 0. The van der Waals surface area contributed by atoms with Crippen LogP contribution < -0.4 is 5.32 Å². The van der Waals surface area contributed by atoms with E-state index >= 15 is 0 Å². The number of fused-ring (bicyclic) bond motifs is 1. The van der Waals surface area contributed by atoms with E-state index in [1.165, 1.54) is 18.2 Å². The maximum atomic E-state index is 13.7. The van der Waals surface area contributed by atoms with Gasteiger partial charge >= 0.3 is 0 Å². The molecule has 6 heteroatoms. The number of halogens is 2. The van der Waals surface area contributed by atoms with Crippen molar-refractivity contribution >= 4 is 28.8 Å². The van der Waals surface area contributed by atoms with E-state index in [1.807, 2.05) is 13.1 Å². The third-order valence-corrected chi connectivity index (χ3v) is 3.33. The lowest BCUT2D eigenvalue weighted by atomic mass is 10.2. The van der Waals surface area contributed by atoms with Gasteiger partial charge in [0.25, 0.3) is 5.91 Å². The van der Waals surface area contributed by atoms with E-state index in [1.54, 1.807) is 22.7 Å². The highest BCUT2D eigenvalue weighted by Gasteiger charge is 2.16. The van der Waals surface area contributed by atoms with Crippen LogP contribution in [0.3, 0.4) is 0 Å². The van der Waals surface area contributed by atoms with E-state index in [9.17, 15) is 9.18 Å². The molecule has 0 unspecified atom stereocenters. The first-order chi connectivity index (χ1) is 10.0. The largest absolute Gasteiger partial charge is 0.321 e. The molecule has 0 aliphatic carbocycles. The second-order valence-corrected chi connectivity index (χ2v) is 5.02. The minimum absolute atomic E-state index is 0.0760. The van der Waals surface area contributed by atoms with Crippen molar-refractivity contribution in [2.24, 2.45) is 0 Å². The first-order valence-electron chi connectivity index (χ1n) is 6.25. The van der Waals surface area contributed by atoms with Crippen LogP contribution in [0, 0.1) is 12.7 Å². The van der Waals surface area contributed by atoms with Gasteiger partial charge < -0.3 is 9.72 Å². The van der Waals surface area contributed by atoms with E-state index in [4.69, 9.17) is 11.6 Å². The number of nitrogens with one attached hydrogen (secondary N) is 1. The molecule has 0 atom stereocenters. The third kappa shape index (κ3) is 2.60. The van der Waals surface area contributed by atoms with Gasteiger partial charge in [-0.15, -0.1) is 0 Å². The van der Waals surface area contributed by atoms with Crippen LogP contribution in [-0.2, 0) is 0 Å². The number of pyridine rings is 1. The second kappa shape index (κ2) is 5.18. The van der Waals surface area contributed by atoms with Crippen LogP contribution in [0.4, 0.5) is 10.1 Å². The number of hydrogen-bond acceptors (Lipinski definition) is 2. The smallest absolute Gasteiger partial charge is 0.260 e. The molecule has 0 aliphatic rings. The number of benzene rings is 1. The summed E-state index contributed by atoms with van der Waals surface area (Å²) in [6.45, 7) is 1.88. The average Bonchev–Trinajstić information content (AvgIpc) is 2.77. The molecule has 0 bridgehead atoms. The van der Waals surface area contributed by atoms with Crippen molar-refractivity contribution in [3.05, 3.63) is 64.8 Å². The average molecular weight is 304 g/mol. The molecule has 3 rings (SSSR count). The van der Waals surface area contributed by atoms with Crippen LogP contribution in [-0.4, -0.2) is 15.3 Å². The summed E-state index contributed by atoms with van der Waals surface area (Å²) in [5, 5.41) is 2.71. The van der Waals surface area contributed by atoms with E-state index in [0.29, 0.717) is 5.69 Å². The Morgan fingerprint density at radius 2 is 2.10 bits per heavy atom. The fourth-order valence-corrected chi connectivity index (χ4v) is 2.35. The number of nitrogens with zero attached hydrogens (tertiary/aromatic N) is 2. The molecule has 0 saturated carbocycles. The van der Waals surface area contributed by atoms with Gasteiger partial charge in [-0.05, 0) is 31.2 Å². The van der Waals surface area contributed by atoms with Crippen LogP contribution >= 0.6 is 11.6 Å². The topological polar surface area (TPSA) is 46.4 Å². The molecule has 2 aromatic heterocycles. The molecule has 21 heavy (non-hydrogen) atoms. The molecule has 4 nitrogen and oxygen atoms in total. The van der Waals surface area contributed by atoms with Crippen LogP contribution in [0.5, 0.6) is 0 Å². The number of anilines is 1. The van der Waals surface area contributed by atoms with Crippen molar-refractivity contribution < 1.29 is 9.18 Å². The van der Waals surface area contributed by atoms with Gasteiger partial charge in [-0.3, -0.25) is 4.79 Å². The minimum atomic E-state index is -0.653. The van der Waals surface area contributed by atoms with Gasteiger partial charge in [-0.2, -0.15) is 0 Å². The van der Waals surface area contributed by atoms with E-state index in [-0.39, 0.29) is 10.6 Å². The summed E-state index contributed by atoms with van der Waals surface area (Å²) in [5.74, 6) is -1.24.